The van der Waals surface area contributed by atoms with E-state index >= 15 is 0 Å². The van der Waals surface area contributed by atoms with Crippen LogP contribution in [0.4, 0.5) is 5.82 Å². The molecular formula is C15H21N5O4. The Labute approximate surface area is 138 Å². The SMILES string of the molecule is OC[C@@H]1O[C@@H](n2cnc3c(N4CCCCC4)ncnc32)[C@@H](O)[C@@H]1O. The van der Waals surface area contributed by atoms with Crippen LogP contribution in [0.2, 0.25) is 0 Å². The number of rotatable bonds is 3. The van der Waals surface area contributed by atoms with Crippen molar-refractivity contribution in [1.29, 1.82) is 0 Å². The molecule has 0 unspecified atom stereocenters. The summed E-state index contributed by atoms with van der Waals surface area (Å²) >= 11 is 0. The van der Waals surface area contributed by atoms with Crippen LogP contribution in [0, 0.1) is 0 Å². The zero-order valence-electron chi connectivity index (χ0n) is 13.2. The average Bonchev–Trinajstić information content (AvgIpc) is 3.17. The molecule has 130 valence electrons. The highest BCUT2D eigenvalue weighted by molar-refractivity contribution is 5.83. The molecule has 4 atom stereocenters. The summed E-state index contributed by atoms with van der Waals surface area (Å²) in [6.45, 7) is 1.51. The van der Waals surface area contributed by atoms with Gasteiger partial charge in [-0.1, -0.05) is 0 Å². The van der Waals surface area contributed by atoms with Gasteiger partial charge in [0.1, 0.15) is 24.6 Å². The number of aliphatic hydroxyl groups is 3. The average molecular weight is 335 g/mol. The number of fused-ring (bicyclic) bond motifs is 1. The molecule has 0 amide bonds. The zero-order chi connectivity index (χ0) is 16.7. The quantitative estimate of drug-likeness (QED) is 0.683. The third-order valence-corrected chi connectivity index (χ3v) is 4.79. The molecule has 0 bridgehead atoms. The highest BCUT2D eigenvalue weighted by Crippen LogP contribution is 2.33. The van der Waals surface area contributed by atoms with Crippen LogP contribution >= 0.6 is 0 Å². The van der Waals surface area contributed by atoms with Crippen molar-refractivity contribution >= 4 is 17.0 Å². The zero-order valence-corrected chi connectivity index (χ0v) is 13.2. The van der Waals surface area contributed by atoms with Crippen molar-refractivity contribution in [2.75, 3.05) is 24.6 Å². The second-order valence-corrected chi connectivity index (χ2v) is 6.30. The molecule has 3 N–H and O–H groups in total. The minimum absolute atomic E-state index is 0.366. The van der Waals surface area contributed by atoms with Gasteiger partial charge in [0.05, 0.1) is 12.9 Å². The minimum Gasteiger partial charge on any atom is -0.394 e. The van der Waals surface area contributed by atoms with Crippen molar-refractivity contribution in [1.82, 2.24) is 19.5 Å². The fourth-order valence-electron chi connectivity index (χ4n) is 3.47. The van der Waals surface area contributed by atoms with Crippen LogP contribution in [0.1, 0.15) is 25.5 Å². The van der Waals surface area contributed by atoms with E-state index in [2.05, 4.69) is 19.9 Å². The van der Waals surface area contributed by atoms with Gasteiger partial charge in [0, 0.05) is 13.1 Å². The monoisotopic (exact) mass is 335 g/mol. The largest absolute Gasteiger partial charge is 0.394 e. The summed E-state index contributed by atoms with van der Waals surface area (Å²) in [5.74, 6) is 0.783. The van der Waals surface area contributed by atoms with Gasteiger partial charge >= 0.3 is 0 Å². The Hall–Kier alpha value is -1.81. The summed E-state index contributed by atoms with van der Waals surface area (Å²) in [5, 5.41) is 29.4. The molecule has 9 nitrogen and oxygen atoms in total. The molecule has 0 radical (unpaired) electrons. The predicted octanol–water partition coefficient (Wildman–Crippen LogP) is -0.572. The van der Waals surface area contributed by atoms with Crippen molar-refractivity contribution in [2.45, 2.75) is 43.8 Å². The van der Waals surface area contributed by atoms with Crippen LogP contribution in [0.3, 0.4) is 0 Å². The summed E-state index contributed by atoms with van der Waals surface area (Å²) < 4.78 is 7.16. The number of piperidine rings is 1. The van der Waals surface area contributed by atoms with Gasteiger partial charge in [0.2, 0.25) is 0 Å². The lowest BCUT2D eigenvalue weighted by molar-refractivity contribution is -0.0511. The molecule has 4 rings (SSSR count). The smallest absolute Gasteiger partial charge is 0.167 e. The lowest BCUT2D eigenvalue weighted by Crippen LogP contribution is -2.33. The summed E-state index contributed by atoms with van der Waals surface area (Å²) in [6.07, 6.45) is 2.51. The van der Waals surface area contributed by atoms with Crippen LogP contribution in [0.5, 0.6) is 0 Å². The van der Waals surface area contributed by atoms with Crippen LogP contribution in [0.25, 0.3) is 11.2 Å². The normalized spacial score (nSPS) is 31.0. The third kappa shape index (κ3) is 2.44. The standard InChI is InChI=1S/C15H21N5O4/c21-6-9-11(22)12(23)15(24-9)20-8-18-10-13(16-7-17-14(10)20)19-4-2-1-3-5-19/h7-9,11-12,15,21-23H,1-6H2/t9-,11+,12-,15+/m0/s1. The van der Waals surface area contributed by atoms with E-state index in [-0.39, 0.29) is 6.61 Å². The third-order valence-electron chi connectivity index (χ3n) is 4.79. The van der Waals surface area contributed by atoms with Crippen LogP contribution in [-0.2, 0) is 4.74 Å². The fourth-order valence-corrected chi connectivity index (χ4v) is 3.47. The maximum absolute atomic E-state index is 10.2. The van der Waals surface area contributed by atoms with Crippen molar-refractivity contribution in [3.8, 4) is 0 Å². The Morgan fingerprint density at radius 1 is 1.08 bits per heavy atom. The number of aromatic nitrogens is 4. The Bertz CT molecular complexity index is 717. The van der Waals surface area contributed by atoms with E-state index in [1.54, 1.807) is 4.57 Å². The second-order valence-electron chi connectivity index (χ2n) is 6.30. The summed E-state index contributed by atoms with van der Waals surface area (Å²) in [6, 6.07) is 0. The van der Waals surface area contributed by atoms with Crippen molar-refractivity contribution < 1.29 is 20.1 Å². The van der Waals surface area contributed by atoms with E-state index in [9.17, 15) is 15.3 Å². The molecule has 9 heteroatoms. The van der Waals surface area contributed by atoms with Crippen molar-refractivity contribution in [2.24, 2.45) is 0 Å². The summed E-state index contributed by atoms with van der Waals surface area (Å²) in [5.41, 5.74) is 1.19. The summed E-state index contributed by atoms with van der Waals surface area (Å²) in [7, 11) is 0. The highest BCUT2D eigenvalue weighted by Gasteiger charge is 2.44. The Morgan fingerprint density at radius 2 is 1.88 bits per heavy atom. The van der Waals surface area contributed by atoms with Gasteiger partial charge in [-0.15, -0.1) is 0 Å². The molecule has 2 aliphatic rings. The van der Waals surface area contributed by atoms with E-state index in [1.165, 1.54) is 19.1 Å². The fraction of sp³-hybridized carbons (Fsp3) is 0.667. The van der Waals surface area contributed by atoms with E-state index in [1.807, 2.05) is 0 Å². The topological polar surface area (TPSA) is 117 Å². The number of nitrogens with zero attached hydrogens (tertiary/aromatic N) is 5. The van der Waals surface area contributed by atoms with Crippen molar-refractivity contribution in [3.05, 3.63) is 12.7 Å². The Morgan fingerprint density at radius 3 is 2.58 bits per heavy atom. The van der Waals surface area contributed by atoms with E-state index < -0.39 is 24.5 Å². The second kappa shape index (κ2) is 6.25. The number of ether oxygens (including phenoxy) is 1. The molecular weight excluding hydrogens is 314 g/mol. The van der Waals surface area contributed by atoms with E-state index in [0.717, 1.165) is 31.7 Å². The van der Waals surface area contributed by atoms with Gasteiger partial charge in [-0.2, -0.15) is 0 Å². The predicted molar refractivity (Wildman–Crippen MR) is 84.4 cm³/mol. The molecule has 2 aromatic heterocycles. The van der Waals surface area contributed by atoms with Gasteiger partial charge in [-0.3, -0.25) is 4.57 Å². The first-order valence-corrected chi connectivity index (χ1v) is 8.25. The number of hydrogen-bond donors (Lipinski definition) is 3. The van der Waals surface area contributed by atoms with Gasteiger partial charge in [0.15, 0.2) is 23.2 Å². The maximum Gasteiger partial charge on any atom is 0.167 e. The molecule has 0 spiro atoms. The summed E-state index contributed by atoms with van der Waals surface area (Å²) in [4.78, 5) is 15.3. The first kappa shape index (κ1) is 15.7. The van der Waals surface area contributed by atoms with Crippen LogP contribution in [0.15, 0.2) is 12.7 Å². The van der Waals surface area contributed by atoms with Crippen LogP contribution in [-0.4, -0.2) is 72.8 Å². The minimum atomic E-state index is -1.16. The maximum atomic E-state index is 10.2. The number of imidazole rings is 1. The van der Waals surface area contributed by atoms with Gasteiger partial charge in [-0.05, 0) is 19.3 Å². The van der Waals surface area contributed by atoms with E-state index in [0.29, 0.717) is 11.2 Å². The molecule has 2 aliphatic heterocycles. The number of anilines is 1. The van der Waals surface area contributed by atoms with Gasteiger partial charge < -0.3 is 25.0 Å². The highest BCUT2D eigenvalue weighted by atomic mass is 16.6. The lowest BCUT2D eigenvalue weighted by atomic mass is 10.1. The molecule has 0 saturated carbocycles. The van der Waals surface area contributed by atoms with Gasteiger partial charge in [0.25, 0.3) is 0 Å². The first-order chi connectivity index (χ1) is 11.7. The number of hydrogen-bond acceptors (Lipinski definition) is 8. The first-order valence-electron chi connectivity index (χ1n) is 8.25. The van der Waals surface area contributed by atoms with Crippen LogP contribution < -0.4 is 4.90 Å². The van der Waals surface area contributed by atoms with E-state index in [4.69, 9.17) is 4.74 Å². The lowest BCUT2D eigenvalue weighted by Gasteiger charge is -2.27. The molecule has 2 saturated heterocycles. The Balaban J connectivity index is 1.71. The molecule has 24 heavy (non-hydrogen) atoms. The molecule has 4 heterocycles. The molecule has 2 fully saturated rings. The van der Waals surface area contributed by atoms with Gasteiger partial charge in [-0.25, -0.2) is 15.0 Å². The molecule has 0 aromatic carbocycles. The Kier molecular flexibility index (Phi) is 4.09. The molecule has 0 aliphatic carbocycles. The number of aliphatic hydroxyl groups excluding tert-OH is 3. The molecule has 2 aromatic rings. The van der Waals surface area contributed by atoms with Crippen molar-refractivity contribution in [3.63, 3.8) is 0 Å².